The van der Waals surface area contributed by atoms with E-state index in [1.165, 1.54) is 60.7 Å². The predicted octanol–water partition coefficient (Wildman–Crippen LogP) is 5.17. The number of methoxy groups -OCH3 is 2. The summed E-state index contributed by atoms with van der Waals surface area (Å²) >= 11 is 11.7. The fourth-order valence-corrected chi connectivity index (χ4v) is 6.50. The number of anilines is 2. The normalized spacial score (nSPS) is 11.5. The molecule has 0 bridgehead atoms. The van der Waals surface area contributed by atoms with Crippen LogP contribution in [0.5, 0.6) is 11.5 Å². The maximum atomic E-state index is 13.0. The number of rotatable bonds is 10. The topological polar surface area (TPSA) is 185 Å². The number of benzene rings is 4. The van der Waals surface area contributed by atoms with Gasteiger partial charge in [0.25, 0.3) is 20.0 Å². The maximum Gasteiger partial charge on any atom is 0.341 e. The number of hydrogen-bond acceptors (Lipinski definition) is 10. The van der Waals surface area contributed by atoms with Gasteiger partial charge in [0.1, 0.15) is 22.6 Å². The molecule has 236 valence electrons. The van der Waals surface area contributed by atoms with Crippen LogP contribution in [0.1, 0.15) is 31.8 Å². The van der Waals surface area contributed by atoms with E-state index in [4.69, 9.17) is 32.7 Å². The smallest absolute Gasteiger partial charge is 0.341 e. The van der Waals surface area contributed by atoms with Gasteiger partial charge in [-0.15, -0.1) is 0 Å². The number of phenols is 2. The monoisotopic (exact) mass is 694 g/mol. The number of sulfonamides is 2. The van der Waals surface area contributed by atoms with Crippen LogP contribution in [0, 0.1) is 0 Å². The average Bonchev–Trinajstić information content (AvgIpc) is 2.99. The number of ether oxygens (including phenoxy) is 2. The van der Waals surface area contributed by atoms with E-state index in [9.17, 15) is 36.6 Å². The molecule has 0 amide bonds. The molecule has 0 aliphatic rings. The molecular formula is C29H24Cl2N2O10S2. The number of nitrogens with one attached hydrogen (secondary N) is 2. The second kappa shape index (κ2) is 13.2. The van der Waals surface area contributed by atoms with Gasteiger partial charge in [0, 0.05) is 27.6 Å². The van der Waals surface area contributed by atoms with Crippen LogP contribution < -0.4 is 9.44 Å². The van der Waals surface area contributed by atoms with Crippen molar-refractivity contribution >= 4 is 66.6 Å². The number of hydrogen-bond donors (Lipinski definition) is 4. The maximum absolute atomic E-state index is 13.0. The highest BCUT2D eigenvalue weighted by Gasteiger charge is 2.24. The van der Waals surface area contributed by atoms with Crippen molar-refractivity contribution < 1.29 is 46.1 Å². The molecule has 4 rings (SSSR count). The van der Waals surface area contributed by atoms with Gasteiger partial charge in [-0.3, -0.25) is 9.44 Å². The molecule has 0 radical (unpaired) electrons. The van der Waals surface area contributed by atoms with E-state index >= 15 is 0 Å². The summed E-state index contributed by atoms with van der Waals surface area (Å²) in [5.41, 5.74) is -1.37. The molecule has 0 saturated heterocycles. The van der Waals surface area contributed by atoms with Crippen LogP contribution in [-0.2, 0) is 35.9 Å². The molecule has 0 unspecified atom stereocenters. The first kappa shape index (κ1) is 33.4. The number of phenolic OH excluding ortho intramolecular Hbond substituents is 2. The van der Waals surface area contributed by atoms with Crippen LogP contribution >= 0.6 is 23.2 Å². The zero-order valence-corrected chi connectivity index (χ0v) is 26.5. The third-order valence-corrected chi connectivity index (χ3v) is 9.62. The van der Waals surface area contributed by atoms with Crippen molar-refractivity contribution in [1.29, 1.82) is 0 Å². The second-order valence-corrected chi connectivity index (χ2v) is 13.6. The summed E-state index contributed by atoms with van der Waals surface area (Å²) in [7, 11) is -6.31. The van der Waals surface area contributed by atoms with Crippen molar-refractivity contribution in [2.24, 2.45) is 0 Å². The minimum atomic E-state index is -4.21. The van der Waals surface area contributed by atoms with Gasteiger partial charge in [-0.2, -0.15) is 0 Å². The molecule has 0 atom stereocenters. The van der Waals surface area contributed by atoms with Gasteiger partial charge in [-0.25, -0.2) is 26.4 Å². The van der Waals surface area contributed by atoms with E-state index in [1.54, 1.807) is 0 Å². The summed E-state index contributed by atoms with van der Waals surface area (Å²) in [4.78, 5) is 24.7. The Kier molecular flexibility index (Phi) is 9.83. The third kappa shape index (κ3) is 7.60. The van der Waals surface area contributed by atoms with Gasteiger partial charge < -0.3 is 19.7 Å². The molecule has 4 aromatic carbocycles. The fraction of sp³-hybridized carbons (Fsp3) is 0.103. The lowest BCUT2D eigenvalue weighted by molar-refractivity contribution is 0.0588. The van der Waals surface area contributed by atoms with Crippen molar-refractivity contribution in [2.45, 2.75) is 16.2 Å². The van der Waals surface area contributed by atoms with Gasteiger partial charge in [0.15, 0.2) is 0 Å². The quantitative estimate of drug-likeness (QED) is 0.127. The first-order valence-electron chi connectivity index (χ1n) is 12.6. The summed E-state index contributed by atoms with van der Waals surface area (Å²) in [6.07, 6.45) is -0.432. The molecular weight excluding hydrogens is 671 g/mol. The summed E-state index contributed by atoms with van der Waals surface area (Å²) < 4.78 is 66.3. The number of halogens is 2. The van der Waals surface area contributed by atoms with Gasteiger partial charge in [0.05, 0.1) is 35.4 Å². The summed E-state index contributed by atoms with van der Waals surface area (Å²) in [6, 6.07) is 15.0. The molecule has 0 aliphatic carbocycles. The fourth-order valence-electron chi connectivity index (χ4n) is 4.17. The largest absolute Gasteiger partial charge is 0.507 e. The highest BCUT2D eigenvalue weighted by Crippen LogP contribution is 2.36. The third-order valence-electron chi connectivity index (χ3n) is 6.32. The van der Waals surface area contributed by atoms with Crippen LogP contribution in [-0.4, -0.2) is 53.2 Å². The number of aromatic hydroxyl groups is 2. The van der Waals surface area contributed by atoms with E-state index in [-0.39, 0.29) is 32.3 Å². The zero-order valence-electron chi connectivity index (χ0n) is 23.4. The first-order chi connectivity index (χ1) is 21.1. The lowest BCUT2D eigenvalue weighted by atomic mass is 9.97. The van der Waals surface area contributed by atoms with Crippen LogP contribution in [0.15, 0.2) is 82.6 Å². The van der Waals surface area contributed by atoms with Gasteiger partial charge in [-0.1, -0.05) is 23.2 Å². The van der Waals surface area contributed by atoms with Gasteiger partial charge in [0.2, 0.25) is 0 Å². The molecule has 0 aromatic heterocycles. The summed E-state index contributed by atoms with van der Waals surface area (Å²) in [6.45, 7) is 0. The summed E-state index contributed by atoms with van der Waals surface area (Å²) in [5.74, 6) is -3.26. The number of esters is 2. The molecule has 16 heteroatoms. The average molecular weight is 696 g/mol. The van der Waals surface area contributed by atoms with E-state index in [0.717, 1.165) is 26.4 Å². The molecule has 12 nitrogen and oxygen atoms in total. The van der Waals surface area contributed by atoms with E-state index in [1.807, 2.05) is 0 Å². The van der Waals surface area contributed by atoms with E-state index in [2.05, 4.69) is 9.44 Å². The zero-order chi connectivity index (χ0) is 33.1. The standard InChI is InChI=1S/C29H24Cl2N2O10S2/c1-42-28(36)24-14-20(32-44(38,39)22-7-3-18(30)4-8-22)12-16(26(24)34)11-17-13-21(15-25(27(17)35)29(37)43-2)33-45(40,41)23-9-5-19(31)6-10-23/h3-10,12-15,32-35H,11H2,1-2H3. The molecule has 0 heterocycles. The SMILES string of the molecule is COC(=O)c1cc(NS(=O)(=O)c2ccc(Cl)cc2)cc(Cc2cc(NS(=O)(=O)c3ccc(Cl)cc3)cc(C(=O)OC)c2O)c1O. The Labute approximate surface area is 268 Å². The Bertz CT molecular complexity index is 1860. The van der Waals surface area contributed by atoms with E-state index in [0.29, 0.717) is 10.0 Å². The van der Waals surface area contributed by atoms with Crippen LogP contribution in [0.25, 0.3) is 0 Å². The molecule has 0 saturated carbocycles. The van der Waals surface area contributed by atoms with Crippen molar-refractivity contribution in [2.75, 3.05) is 23.7 Å². The minimum Gasteiger partial charge on any atom is -0.507 e. The highest BCUT2D eigenvalue weighted by atomic mass is 35.5. The van der Waals surface area contributed by atoms with Gasteiger partial charge >= 0.3 is 11.9 Å². The van der Waals surface area contributed by atoms with Crippen molar-refractivity contribution in [3.05, 3.63) is 105 Å². The van der Waals surface area contributed by atoms with Crippen LogP contribution in [0.2, 0.25) is 10.0 Å². The number of carbonyl (C=O) groups is 2. The summed E-state index contributed by atoms with van der Waals surface area (Å²) in [5, 5.41) is 22.6. The first-order valence-corrected chi connectivity index (χ1v) is 16.3. The molecule has 0 spiro atoms. The Morgan fingerprint density at radius 2 is 0.978 bits per heavy atom. The Morgan fingerprint density at radius 1 is 0.644 bits per heavy atom. The predicted molar refractivity (Wildman–Crippen MR) is 166 cm³/mol. The molecule has 4 aromatic rings. The van der Waals surface area contributed by atoms with Crippen LogP contribution in [0.4, 0.5) is 11.4 Å². The molecule has 0 aliphatic heterocycles. The Hall–Kier alpha value is -4.50. The van der Waals surface area contributed by atoms with Crippen molar-refractivity contribution in [1.82, 2.24) is 0 Å². The Balaban J connectivity index is 1.81. The minimum absolute atomic E-state index is 0.101. The van der Waals surface area contributed by atoms with E-state index < -0.39 is 61.0 Å². The van der Waals surface area contributed by atoms with Crippen LogP contribution in [0.3, 0.4) is 0 Å². The van der Waals surface area contributed by atoms with Crippen molar-refractivity contribution in [3.63, 3.8) is 0 Å². The van der Waals surface area contributed by atoms with Gasteiger partial charge in [-0.05, 0) is 72.8 Å². The Morgan fingerprint density at radius 3 is 1.29 bits per heavy atom. The molecule has 4 N–H and O–H groups in total. The molecule has 0 fully saturated rings. The molecule has 45 heavy (non-hydrogen) atoms. The second-order valence-electron chi connectivity index (χ2n) is 9.34. The lowest BCUT2D eigenvalue weighted by Gasteiger charge is -2.17. The number of carbonyl (C=O) groups excluding carboxylic acids is 2. The highest BCUT2D eigenvalue weighted by molar-refractivity contribution is 7.93. The lowest BCUT2D eigenvalue weighted by Crippen LogP contribution is -2.15. The van der Waals surface area contributed by atoms with Crippen molar-refractivity contribution in [3.8, 4) is 11.5 Å².